The van der Waals surface area contributed by atoms with Gasteiger partial charge in [0.2, 0.25) is 15.9 Å². The van der Waals surface area contributed by atoms with Crippen LogP contribution in [0.15, 0.2) is 24.3 Å². The molecule has 0 radical (unpaired) electrons. The Balaban J connectivity index is 1.80. The normalized spacial score (nSPS) is 25.4. The van der Waals surface area contributed by atoms with Crippen LogP contribution in [0.25, 0.3) is 0 Å². The molecule has 3 fully saturated rings. The molecule has 4 rings (SSSR count). The highest BCUT2D eigenvalue weighted by Crippen LogP contribution is 2.31. The predicted octanol–water partition coefficient (Wildman–Crippen LogP) is 1.60. The summed E-state index contributed by atoms with van der Waals surface area (Å²) in [7, 11) is -3.48. The van der Waals surface area contributed by atoms with Crippen molar-refractivity contribution in [3.05, 3.63) is 35.6 Å². The second-order valence-electron chi connectivity index (χ2n) is 6.47. The number of nitrogens with zero attached hydrogens (tertiary/aromatic N) is 2. The molecule has 3 heterocycles. The second-order valence-corrected chi connectivity index (χ2v) is 8.40. The average molecular weight is 340 g/mol. The van der Waals surface area contributed by atoms with Gasteiger partial charge >= 0.3 is 0 Å². The summed E-state index contributed by atoms with van der Waals surface area (Å²) in [6.45, 7) is 3.10. The van der Waals surface area contributed by atoms with E-state index in [1.165, 1.54) is 31.2 Å². The third kappa shape index (κ3) is 3.55. The quantitative estimate of drug-likeness (QED) is 0.840. The first kappa shape index (κ1) is 16.4. The van der Waals surface area contributed by atoms with Gasteiger partial charge in [-0.25, -0.2) is 12.8 Å². The second kappa shape index (κ2) is 6.20. The largest absolute Gasteiger partial charge is 0.341 e. The van der Waals surface area contributed by atoms with Gasteiger partial charge in [-0.1, -0.05) is 12.1 Å². The first-order valence-corrected chi connectivity index (χ1v) is 9.45. The summed E-state index contributed by atoms with van der Waals surface area (Å²) in [4.78, 5) is 13.4. The van der Waals surface area contributed by atoms with Crippen molar-refractivity contribution >= 4 is 15.9 Å². The number of benzene rings is 1. The number of rotatable bonds is 3. The van der Waals surface area contributed by atoms with Crippen LogP contribution in [0.5, 0.6) is 0 Å². The van der Waals surface area contributed by atoms with Crippen LogP contribution in [0, 0.1) is 11.7 Å². The lowest BCUT2D eigenvalue weighted by molar-refractivity contribution is -0.129. The Hall–Kier alpha value is -1.47. The molecule has 1 aromatic carbocycles. The SMILES string of the molecule is CC(=O)N1C[C@H]2CC[C@@H](C1)N(S(=O)(=O)Cc1ccc(F)cc1)C2. The summed E-state index contributed by atoms with van der Waals surface area (Å²) >= 11 is 0. The molecule has 3 aliphatic rings. The van der Waals surface area contributed by atoms with Gasteiger partial charge in [-0.3, -0.25) is 4.79 Å². The van der Waals surface area contributed by atoms with E-state index in [9.17, 15) is 17.6 Å². The number of carbonyl (C=O) groups is 1. The zero-order valence-corrected chi connectivity index (χ0v) is 13.9. The Morgan fingerprint density at radius 2 is 1.87 bits per heavy atom. The fourth-order valence-electron chi connectivity index (χ4n) is 3.51. The van der Waals surface area contributed by atoms with Crippen molar-refractivity contribution in [2.24, 2.45) is 5.92 Å². The van der Waals surface area contributed by atoms with Crippen LogP contribution in [0.4, 0.5) is 4.39 Å². The minimum atomic E-state index is -3.48. The van der Waals surface area contributed by atoms with E-state index in [0.717, 1.165) is 12.8 Å². The van der Waals surface area contributed by atoms with Crippen molar-refractivity contribution < 1.29 is 17.6 Å². The number of sulfonamides is 1. The molecule has 5 nitrogen and oxygen atoms in total. The molecular weight excluding hydrogens is 319 g/mol. The van der Waals surface area contributed by atoms with E-state index in [-0.39, 0.29) is 29.4 Å². The van der Waals surface area contributed by atoms with Gasteiger partial charge in [0.15, 0.2) is 0 Å². The maximum absolute atomic E-state index is 13.0. The van der Waals surface area contributed by atoms with Crippen LogP contribution in [0.2, 0.25) is 0 Å². The lowest BCUT2D eigenvalue weighted by Gasteiger charge is -2.34. The van der Waals surface area contributed by atoms with Crippen LogP contribution in [-0.4, -0.2) is 49.2 Å². The smallest absolute Gasteiger partial charge is 0.219 e. The van der Waals surface area contributed by atoms with Crippen LogP contribution < -0.4 is 0 Å². The van der Waals surface area contributed by atoms with Gasteiger partial charge in [-0.2, -0.15) is 4.31 Å². The Morgan fingerprint density at radius 3 is 2.52 bits per heavy atom. The molecule has 2 bridgehead atoms. The summed E-state index contributed by atoms with van der Waals surface area (Å²) in [5, 5.41) is 0. The number of amides is 1. The van der Waals surface area contributed by atoms with Crippen molar-refractivity contribution in [2.45, 2.75) is 31.6 Å². The summed E-state index contributed by atoms with van der Waals surface area (Å²) in [5.74, 6) is -0.311. The molecule has 7 heteroatoms. The van der Waals surface area contributed by atoms with Crippen molar-refractivity contribution in [1.29, 1.82) is 0 Å². The van der Waals surface area contributed by atoms with Gasteiger partial charge in [-0.05, 0) is 36.5 Å². The molecule has 23 heavy (non-hydrogen) atoms. The average Bonchev–Trinajstić information content (AvgIpc) is 2.81. The Bertz CT molecular complexity index is 690. The third-order valence-corrected chi connectivity index (χ3v) is 6.59. The fraction of sp³-hybridized carbons (Fsp3) is 0.562. The lowest BCUT2D eigenvalue weighted by atomic mass is 9.97. The van der Waals surface area contributed by atoms with Gasteiger partial charge in [0.05, 0.1) is 5.75 Å². The lowest BCUT2D eigenvalue weighted by Crippen LogP contribution is -2.47. The topological polar surface area (TPSA) is 57.7 Å². The standard InChI is InChI=1S/C16H21FN2O3S/c1-12(20)18-8-14-4-7-16(10-18)19(9-14)23(21,22)11-13-2-5-15(17)6-3-13/h2-3,5-6,14,16H,4,7-11H2,1H3/t14-,16+/m1/s1. The highest BCUT2D eigenvalue weighted by molar-refractivity contribution is 7.88. The number of fused-ring (bicyclic) bond motifs is 4. The molecular formula is C16H21FN2O3S. The number of halogens is 1. The van der Waals surface area contributed by atoms with E-state index in [1.54, 1.807) is 9.21 Å². The Labute approximate surface area is 136 Å². The molecule has 0 aromatic heterocycles. The summed E-state index contributed by atoms with van der Waals surface area (Å²) in [5.41, 5.74) is 0.579. The van der Waals surface area contributed by atoms with Gasteiger partial charge < -0.3 is 4.90 Å². The fourth-order valence-corrected chi connectivity index (χ4v) is 5.35. The zero-order chi connectivity index (χ0) is 16.6. The highest BCUT2D eigenvalue weighted by atomic mass is 32.2. The van der Waals surface area contributed by atoms with Crippen molar-refractivity contribution in [3.63, 3.8) is 0 Å². The first-order valence-electron chi connectivity index (χ1n) is 7.84. The molecule has 2 atom stereocenters. The van der Waals surface area contributed by atoms with Crippen LogP contribution >= 0.6 is 0 Å². The summed E-state index contributed by atoms with van der Waals surface area (Å²) in [6, 6.07) is 5.41. The van der Waals surface area contributed by atoms with Crippen LogP contribution in [-0.2, 0) is 20.6 Å². The minimum Gasteiger partial charge on any atom is -0.341 e. The summed E-state index contributed by atoms with van der Waals surface area (Å²) in [6.07, 6.45) is 1.74. The van der Waals surface area contributed by atoms with Crippen molar-refractivity contribution in [1.82, 2.24) is 9.21 Å². The van der Waals surface area contributed by atoms with Crippen LogP contribution in [0.1, 0.15) is 25.3 Å². The number of piperidine rings is 1. The maximum Gasteiger partial charge on any atom is 0.219 e. The molecule has 1 amide bonds. The van der Waals surface area contributed by atoms with Gasteiger partial charge in [0, 0.05) is 32.6 Å². The molecule has 0 spiro atoms. The van der Waals surface area contributed by atoms with Crippen molar-refractivity contribution in [3.8, 4) is 0 Å². The number of carbonyl (C=O) groups excluding carboxylic acids is 1. The Morgan fingerprint density at radius 1 is 1.17 bits per heavy atom. The van der Waals surface area contributed by atoms with Gasteiger partial charge in [0.25, 0.3) is 0 Å². The van der Waals surface area contributed by atoms with E-state index in [0.29, 0.717) is 25.2 Å². The first-order chi connectivity index (χ1) is 10.8. The molecule has 3 saturated heterocycles. The van der Waals surface area contributed by atoms with E-state index >= 15 is 0 Å². The zero-order valence-electron chi connectivity index (χ0n) is 13.1. The molecule has 0 N–H and O–H groups in total. The molecule has 0 saturated carbocycles. The monoisotopic (exact) mass is 340 g/mol. The highest BCUT2D eigenvalue weighted by Gasteiger charge is 2.41. The predicted molar refractivity (Wildman–Crippen MR) is 84.5 cm³/mol. The van der Waals surface area contributed by atoms with Crippen molar-refractivity contribution in [2.75, 3.05) is 19.6 Å². The number of hydrogen-bond donors (Lipinski definition) is 0. The van der Waals surface area contributed by atoms with Gasteiger partial charge in [0.1, 0.15) is 5.82 Å². The third-order valence-electron chi connectivity index (χ3n) is 4.73. The molecule has 126 valence electrons. The molecule has 0 unspecified atom stereocenters. The van der Waals surface area contributed by atoms with E-state index in [2.05, 4.69) is 0 Å². The van der Waals surface area contributed by atoms with Crippen LogP contribution in [0.3, 0.4) is 0 Å². The van der Waals surface area contributed by atoms with E-state index in [4.69, 9.17) is 0 Å². The Kier molecular flexibility index (Phi) is 4.42. The summed E-state index contributed by atoms with van der Waals surface area (Å²) < 4.78 is 40.1. The number of hydrogen-bond acceptors (Lipinski definition) is 3. The maximum atomic E-state index is 13.0. The molecule has 1 aromatic rings. The van der Waals surface area contributed by atoms with Gasteiger partial charge in [-0.15, -0.1) is 0 Å². The van der Waals surface area contributed by atoms with E-state index in [1.807, 2.05) is 0 Å². The minimum absolute atomic E-state index is 0.000294. The molecule has 3 aliphatic heterocycles. The van der Waals surface area contributed by atoms with E-state index < -0.39 is 10.0 Å². The molecule has 0 aliphatic carbocycles.